The first-order valence-electron chi connectivity index (χ1n) is 3.98. The van der Waals surface area contributed by atoms with Gasteiger partial charge in [0.1, 0.15) is 0 Å². The van der Waals surface area contributed by atoms with Crippen molar-refractivity contribution in [2.45, 2.75) is 10.4 Å². The lowest BCUT2D eigenvalue weighted by Crippen LogP contribution is -2.18. The number of amides is 1. The minimum Gasteiger partial charge on any atom is -0.268 e. The molecule has 0 aliphatic carbocycles. The molecule has 1 N–H and O–H groups in total. The number of carbonyl (C=O) groups is 1. The molecule has 0 unspecified atom stereocenters. The standard InChI is InChI=1S/C9H5F3N2OS/c10-9(11,12)16-7-4-2-1-3-6(7)8(15)14-5-13/h1-4H,(H,14,15). The number of rotatable bonds is 2. The van der Waals surface area contributed by atoms with Crippen molar-refractivity contribution in [3.05, 3.63) is 29.8 Å². The monoisotopic (exact) mass is 246 g/mol. The summed E-state index contributed by atoms with van der Waals surface area (Å²) in [4.78, 5) is 11.0. The van der Waals surface area contributed by atoms with Gasteiger partial charge in [-0.25, -0.2) is 0 Å². The maximum atomic E-state index is 12.1. The van der Waals surface area contributed by atoms with Crippen molar-refractivity contribution in [2.75, 3.05) is 0 Å². The van der Waals surface area contributed by atoms with Gasteiger partial charge in [-0.15, -0.1) is 0 Å². The Hall–Kier alpha value is -1.68. The van der Waals surface area contributed by atoms with E-state index in [1.54, 1.807) is 5.32 Å². The number of halogens is 3. The number of thioether (sulfide) groups is 1. The van der Waals surface area contributed by atoms with Gasteiger partial charge in [-0.2, -0.15) is 18.4 Å². The largest absolute Gasteiger partial charge is 0.446 e. The lowest BCUT2D eigenvalue weighted by molar-refractivity contribution is -0.0328. The number of benzene rings is 1. The van der Waals surface area contributed by atoms with Crippen molar-refractivity contribution in [3.63, 3.8) is 0 Å². The molecule has 0 aliphatic heterocycles. The molecule has 84 valence electrons. The van der Waals surface area contributed by atoms with Gasteiger partial charge >= 0.3 is 5.51 Å². The van der Waals surface area contributed by atoms with Crippen LogP contribution in [0.25, 0.3) is 0 Å². The molecule has 7 heteroatoms. The molecule has 0 bridgehead atoms. The van der Waals surface area contributed by atoms with E-state index in [-0.39, 0.29) is 22.2 Å². The van der Waals surface area contributed by atoms with Crippen molar-refractivity contribution < 1.29 is 18.0 Å². The SMILES string of the molecule is N#CNC(=O)c1ccccc1SC(F)(F)F. The third kappa shape index (κ3) is 3.47. The Kier molecular flexibility index (Phi) is 3.79. The molecule has 1 amide bonds. The Bertz CT molecular complexity index is 439. The zero-order chi connectivity index (χ0) is 12.2. The van der Waals surface area contributed by atoms with Crippen LogP contribution in [0.2, 0.25) is 0 Å². The predicted octanol–water partition coefficient (Wildman–Crippen LogP) is 2.51. The van der Waals surface area contributed by atoms with Gasteiger partial charge in [0.05, 0.1) is 5.56 Å². The van der Waals surface area contributed by atoms with E-state index < -0.39 is 11.4 Å². The number of nitrogens with one attached hydrogen (secondary N) is 1. The smallest absolute Gasteiger partial charge is 0.268 e. The highest BCUT2D eigenvalue weighted by atomic mass is 32.2. The number of carbonyl (C=O) groups excluding carboxylic acids is 1. The first-order valence-corrected chi connectivity index (χ1v) is 4.80. The predicted molar refractivity (Wildman–Crippen MR) is 51.4 cm³/mol. The quantitative estimate of drug-likeness (QED) is 0.495. The number of hydrogen-bond acceptors (Lipinski definition) is 3. The van der Waals surface area contributed by atoms with Crippen LogP contribution in [-0.4, -0.2) is 11.4 Å². The van der Waals surface area contributed by atoms with E-state index in [9.17, 15) is 18.0 Å². The fourth-order valence-corrected chi connectivity index (χ4v) is 1.65. The van der Waals surface area contributed by atoms with Crippen LogP contribution in [0.1, 0.15) is 10.4 Å². The summed E-state index contributed by atoms with van der Waals surface area (Å²) in [5.41, 5.74) is -4.64. The summed E-state index contributed by atoms with van der Waals surface area (Å²) >= 11 is -0.389. The highest BCUT2D eigenvalue weighted by molar-refractivity contribution is 8.00. The van der Waals surface area contributed by atoms with Crippen LogP contribution in [0, 0.1) is 11.5 Å². The van der Waals surface area contributed by atoms with Crippen molar-refractivity contribution in [1.29, 1.82) is 5.26 Å². The van der Waals surface area contributed by atoms with Gasteiger partial charge in [-0.3, -0.25) is 10.1 Å². The van der Waals surface area contributed by atoms with E-state index in [1.807, 2.05) is 0 Å². The third-order valence-corrected chi connectivity index (χ3v) is 2.33. The molecule has 0 aliphatic rings. The highest BCUT2D eigenvalue weighted by Gasteiger charge is 2.31. The van der Waals surface area contributed by atoms with Crippen LogP contribution in [0.3, 0.4) is 0 Å². The number of hydrogen-bond donors (Lipinski definition) is 1. The maximum absolute atomic E-state index is 12.1. The molecule has 0 fully saturated rings. The Morgan fingerprint density at radius 3 is 2.56 bits per heavy atom. The fraction of sp³-hybridized carbons (Fsp3) is 0.111. The van der Waals surface area contributed by atoms with Crippen molar-refractivity contribution in [2.24, 2.45) is 0 Å². The summed E-state index contributed by atoms with van der Waals surface area (Å²) < 4.78 is 36.4. The normalized spacial score (nSPS) is 10.6. The molecule has 1 aromatic carbocycles. The van der Waals surface area contributed by atoms with Crippen molar-refractivity contribution in [3.8, 4) is 6.19 Å². The first kappa shape index (κ1) is 12.4. The molecule has 3 nitrogen and oxygen atoms in total. The number of nitrogens with zero attached hydrogens (tertiary/aromatic N) is 1. The Balaban J connectivity index is 3.02. The van der Waals surface area contributed by atoms with Crippen LogP contribution in [0.4, 0.5) is 13.2 Å². The molecule has 0 saturated carbocycles. The third-order valence-electron chi connectivity index (χ3n) is 1.53. The Labute approximate surface area is 93.2 Å². The van der Waals surface area contributed by atoms with Gasteiger partial charge in [-0.05, 0) is 23.9 Å². The van der Waals surface area contributed by atoms with E-state index in [2.05, 4.69) is 0 Å². The van der Waals surface area contributed by atoms with Gasteiger partial charge in [0.15, 0.2) is 6.19 Å². The molecule has 0 atom stereocenters. The molecule has 0 saturated heterocycles. The Morgan fingerprint density at radius 2 is 2.00 bits per heavy atom. The molecule has 0 spiro atoms. The molecular formula is C9H5F3N2OS. The Morgan fingerprint density at radius 1 is 1.38 bits per heavy atom. The van der Waals surface area contributed by atoms with Crippen LogP contribution in [-0.2, 0) is 0 Å². The topological polar surface area (TPSA) is 52.9 Å². The molecule has 16 heavy (non-hydrogen) atoms. The summed E-state index contributed by atoms with van der Waals surface area (Å²) in [7, 11) is 0. The molecule has 1 rings (SSSR count). The lowest BCUT2D eigenvalue weighted by Gasteiger charge is -2.08. The second-order valence-electron chi connectivity index (χ2n) is 2.61. The van der Waals surface area contributed by atoms with Gasteiger partial charge in [0, 0.05) is 4.90 Å². The molecule has 1 aromatic rings. The van der Waals surface area contributed by atoms with Crippen LogP contribution < -0.4 is 5.32 Å². The molecule has 0 radical (unpaired) electrons. The zero-order valence-corrected chi connectivity index (χ0v) is 8.52. The summed E-state index contributed by atoms with van der Waals surface area (Å²) in [5, 5.41) is 9.98. The van der Waals surface area contributed by atoms with Gasteiger partial charge in [-0.1, -0.05) is 12.1 Å². The second-order valence-corrected chi connectivity index (χ2v) is 3.72. The minimum atomic E-state index is -4.47. The lowest BCUT2D eigenvalue weighted by atomic mass is 10.2. The fourth-order valence-electron chi connectivity index (χ4n) is 0.986. The average molecular weight is 246 g/mol. The van der Waals surface area contributed by atoms with Gasteiger partial charge < -0.3 is 0 Å². The van der Waals surface area contributed by atoms with E-state index >= 15 is 0 Å². The number of alkyl halides is 3. The van der Waals surface area contributed by atoms with E-state index in [0.29, 0.717) is 0 Å². The maximum Gasteiger partial charge on any atom is 0.446 e. The second kappa shape index (κ2) is 4.90. The van der Waals surface area contributed by atoms with Gasteiger partial charge in [0.2, 0.25) is 0 Å². The molecule has 0 aromatic heterocycles. The van der Waals surface area contributed by atoms with E-state index in [4.69, 9.17) is 5.26 Å². The van der Waals surface area contributed by atoms with Crippen LogP contribution in [0.5, 0.6) is 0 Å². The zero-order valence-electron chi connectivity index (χ0n) is 7.71. The molecule has 0 heterocycles. The summed E-state index contributed by atoms with van der Waals surface area (Å²) in [6, 6.07) is 5.20. The van der Waals surface area contributed by atoms with Crippen molar-refractivity contribution in [1.82, 2.24) is 5.32 Å². The summed E-state index contributed by atoms with van der Waals surface area (Å²) in [6.45, 7) is 0. The summed E-state index contributed by atoms with van der Waals surface area (Å²) in [6.07, 6.45) is 1.37. The number of nitriles is 1. The summed E-state index contributed by atoms with van der Waals surface area (Å²) in [5.74, 6) is -0.852. The van der Waals surface area contributed by atoms with Gasteiger partial charge in [0.25, 0.3) is 5.91 Å². The van der Waals surface area contributed by atoms with E-state index in [1.165, 1.54) is 30.5 Å². The van der Waals surface area contributed by atoms with Crippen molar-refractivity contribution >= 4 is 17.7 Å². The molecular weight excluding hydrogens is 241 g/mol. The van der Waals surface area contributed by atoms with Crippen LogP contribution in [0.15, 0.2) is 29.2 Å². The minimum absolute atomic E-state index is 0.175. The van der Waals surface area contributed by atoms with Crippen LogP contribution >= 0.6 is 11.8 Å². The first-order chi connectivity index (χ1) is 7.44. The highest BCUT2D eigenvalue weighted by Crippen LogP contribution is 2.38. The van der Waals surface area contributed by atoms with E-state index in [0.717, 1.165) is 0 Å². The average Bonchev–Trinajstić information content (AvgIpc) is 2.16.